The number of allylic oxidation sites excluding steroid dienone is 1. The SMILES string of the molecule is COC(CCCCCCCC/C=C/CCO)OC. The van der Waals surface area contributed by atoms with Crippen LogP contribution in [-0.4, -0.2) is 32.2 Å². The molecule has 108 valence electrons. The fourth-order valence-corrected chi connectivity index (χ4v) is 1.92. The molecule has 0 radical (unpaired) electrons. The van der Waals surface area contributed by atoms with Gasteiger partial charge in [0.2, 0.25) is 0 Å². The maximum absolute atomic E-state index is 8.60. The van der Waals surface area contributed by atoms with Gasteiger partial charge >= 0.3 is 0 Å². The second-order valence-electron chi connectivity index (χ2n) is 4.58. The molecular formula is C15H30O3. The molecule has 3 heteroatoms. The molecule has 0 fully saturated rings. The fourth-order valence-electron chi connectivity index (χ4n) is 1.92. The van der Waals surface area contributed by atoms with Gasteiger partial charge in [-0.2, -0.15) is 0 Å². The molecule has 0 aliphatic rings. The van der Waals surface area contributed by atoms with Gasteiger partial charge in [0.1, 0.15) is 0 Å². The molecule has 1 N–H and O–H groups in total. The topological polar surface area (TPSA) is 38.7 Å². The van der Waals surface area contributed by atoms with E-state index >= 15 is 0 Å². The minimum absolute atomic E-state index is 0.0262. The Balaban J connectivity index is 3.11. The number of ether oxygens (including phenoxy) is 2. The normalized spacial score (nSPS) is 11.8. The van der Waals surface area contributed by atoms with E-state index in [1.165, 1.54) is 38.5 Å². The van der Waals surface area contributed by atoms with Crippen LogP contribution < -0.4 is 0 Å². The highest BCUT2D eigenvalue weighted by molar-refractivity contribution is 4.80. The first-order valence-electron chi connectivity index (χ1n) is 7.16. The zero-order valence-corrected chi connectivity index (χ0v) is 12.1. The Morgan fingerprint density at radius 1 is 0.833 bits per heavy atom. The second kappa shape index (κ2) is 14.7. The lowest BCUT2D eigenvalue weighted by Crippen LogP contribution is -2.12. The predicted molar refractivity (Wildman–Crippen MR) is 75.6 cm³/mol. The Morgan fingerprint density at radius 2 is 1.39 bits per heavy atom. The van der Waals surface area contributed by atoms with Crippen molar-refractivity contribution in [2.24, 2.45) is 0 Å². The highest BCUT2D eigenvalue weighted by Crippen LogP contribution is 2.11. The van der Waals surface area contributed by atoms with Crippen LogP contribution in [0, 0.1) is 0 Å². The maximum atomic E-state index is 8.60. The molecule has 0 atom stereocenters. The molecule has 18 heavy (non-hydrogen) atoms. The van der Waals surface area contributed by atoms with Crippen molar-refractivity contribution in [2.75, 3.05) is 20.8 Å². The van der Waals surface area contributed by atoms with Gasteiger partial charge in [-0.25, -0.2) is 0 Å². The van der Waals surface area contributed by atoms with Crippen LogP contribution in [0.4, 0.5) is 0 Å². The third-order valence-corrected chi connectivity index (χ3v) is 3.05. The minimum Gasteiger partial charge on any atom is -0.396 e. The molecule has 0 saturated carbocycles. The standard InChI is InChI=1S/C15H30O3/c1-17-15(18-2)13-11-9-7-5-3-4-6-8-10-12-14-16/h8,10,15-16H,3-7,9,11-14H2,1-2H3/b10-8+. The van der Waals surface area contributed by atoms with Crippen molar-refractivity contribution in [3.8, 4) is 0 Å². The summed E-state index contributed by atoms with van der Waals surface area (Å²) in [6.45, 7) is 0.264. The Bertz CT molecular complexity index is 177. The summed E-state index contributed by atoms with van der Waals surface area (Å²) in [5, 5.41) is 8.60. The molecule has 0 aromatic carbocycles. The van der Waals surface area contributed by atoms with E-state index in [1.807, 2.05) is 0 Å². The van der Waals surface area contributed by atoms with Gasteiger partial charge in [0.25, 0.3) is 0 Å². The first-order chi connectivity index (χ1) is 8.85. The van der Waals surface area contributed by atoms with Gasteiger partial charge < -0.3 is 14.6 Å². The van der Waals surface area contributed by atoms with E-state index in [-0.39, 0.29) is 12.9 Å². The first-order valence-corrected chi connectivity index (χ1v) is 7.16. The van der Waals surface area contributed by atoms with E-state index in [9.17, 15) is 0 Å². The van der Waals surface area contributed by atoms with Crippen LogP contribution in [0.5, 0.6) is 0 Å². The van der Waals surface area contributed by atoms with Gasteiger partial charge in [-0.1, -0.05) is 37.8 Å². The summed E-state index contributed by atoms with van der Waals surface area (Å²) in [7, 11) is 3.39. The van der Waals surface area contributed by atoms with E-state index in [2.05, 4.69) is 12.2 Å². The molecule has 0 aromatic rings. The summed E-state index contributed by atoms with van der Waals surface area (Å²) in [6, 6.07) is 0. The number of aliphatic hydroxyl groups is 1. The van der Waals surface area contributed by atoms with E-state index in [0.29, 0.717) is 0 Å². The van der Waals surface area contributed by atoms with Crippen LogP contribution in [0.25, 0.3) is 0 Å². The van der Waals surface area contributed by atoms with Gasteiger partial charge in [-0.05, 0) is 32.1 Å². The third-order valence-electron chi connectivity index (χ3n) is 3.05. The Kier molecular flexibility index (Phi) is 14.4. The number of rotatable bonds is 13. The van der Waals surface area contributed by atoms with E-state index < -0.39 is 0 Å². The molecule has 3 nitrogen and oxygen atoms in total. The van der Waals surface area contributed by atoms with Gasteiger partial charge in [0.15, 0.2) is 6.29 Å². The smallest absolute Gasteiger partial charge is 0.156 e. The van der Waals surface area contributed by atoms with Gasteiger partial charge in [0.05, 0.1) is 0 Å². The molecule has 0 aromatic heterocycles. The van der Waals surface area contributed by atoms with Crippen LogP contribution in [-0.2, 0) is 9.47 Å². The van der Waals surface area contributed by atoms with E-state index in [1.54, 1.807) is 14.2 Å². The summed E-state index contributed by atoms with van der Waals surface area (Å²) in [6.07, 6.45) is 14.8. The molecular weight excluding hydrogens is 228 g/mol. The Labute approximate surface area is 112 Å². The van der Waals surface area contributed by atoms with Crippen molar-refractivity contribution in [1.82, 2.24) is 0 Å². The summed E-state index contributed by atoms with van der Waals surface area (Å²) >= 11 is 0. The minimum atomic E-state index is -0.0262. The van der Waals surface area contributed by atoms with Crippen LogP contribution in [0.1, 0.15) is 57.8 Å². The van der Waals surface area contributed by atoms with Crippen molar-refractivity contribution in [3.05, 3.63) is 12.2 Å². The van der Waals surface area contributed by atoms with Crippen molar-refractivity contribution < 1.29 is 14.6 Å². The van der Waals surface area contributed by atoms with Crippen LogP contribution in [0.15, 0.2) is 12.2 Å². The number of hydrogen-bond acceptors (Lipinski definition) is 3. The quantitative estimate of drug-likeness (QED) is 0.311. The van der Waals surface area contributed by atoms with Crippen LogP contribution in [0.3, 0.4) is 0 Å². The molecule has 0 bridgehead atoms. The summed E-state index contributed by atoms with van der Waals surface area (Å²) in [5.74, 6) is 0. The number of methoxy groups -OCH3 is 2. The molecule has 0 saturated heterocycles. The number of unbranched alkanes of at least 4 members (excludes halogenated alkanes) is 6. The maximum Gasteiger partial charge on any atom is 0.156 e. The van der Waals surface area contributed by atoms with Crippen molar-refractivity contribution in [3.63, 3.8) is 0 Å². The van der Waals surface area contributed by atoms with Crippen molar-refractivity contribution in [2.45, 2.75) is 64.1 Å². The zero-order valence-electron chi connectivity index (χ0n) is 12.1. The van der Waals surface area contributed by atoms with Crippen molar-refractivity contribution in [1.29, 1.82) is 0 Å². The Morgan fingerprint density at radius 3 is 2.00 bits per heavy atom. The molecule has 0 aliphatic heterocycles. The van der Waals surface area contributed by atoms with Gasteiger partial charge in [0, 0.05) is 20.8 Å². The zero-order chi connectivity index (χ0) is 13.5. The summed E-state index contributed by atoms with van der Waals surface area (Å²) < 4.78 is 10.3. The van der Waals surface area contributed by atoms with Crippen LogP contribution in [0.2, 0.25) is 0 Å². The highest BCUT2D eigenvalue weighted by atomic mass is 16.7. The average Bonchev–Trinajstić information content (AvgIpc) is 2.40. The van der Waals surface area contributed by atoms with E-state index in [0.717, 1.165) is 19.3 Å². The summed E-state index contributed by atoms with van der Waals surface area (Å²) in [4.78, 5) is 0. The lowest BCUT2D eigenvalue weighted by Gasteiger charge is -2.12. The largest absolute Gasteiger partial charge is 0.396 e. The molecule has 0 rings (SSSR count). The molecule has 0 heterocycles. The third kappa shape index (κ3) is 12.1. The monoisotopic (exact) mass is 258 g/mol. The molecule has 0 unspecified atom stereocenters. The van der Waals surface area contributed by atoms with Gasteiger partial charge in [-0.15, -0.1) is 0 Å². The molecule has 0 spiro atoms. The lowest BCUT2D eigenvalue weighted by molar-refractivity contribution is -0.107. The second-order valence-corrected chi connectivity index (χ2v) is 4.58. The number of aliphatic hydroxyl groups excluding tert-OH is 1. The van der Waals surface area contributed by atoms with E-state index in [4.69, 9.17) is 14.6 Å². The lowest BCUT2D eigenvalue weighted by atomic mass is 10.1. The first kappa shape index (κ1) is 17.6. The van der Waals surface area contributed by atoms with Gasteiger partial charge in [-0.3, -0.25) is 0 Å². The predicted octanol–water partition coefficient (Wildman–Crippen LogP) is 3.66. The number of hydrogen-bond donors (Lipinski definition) is 1. The Hall–Kier alpha value is -0.380. The fraction of sp³-hybridized carbons (Fsp3) is 0.867. The molecule has 0 amide bonds. The summed E-state index contributed by atoms with van der Waals surface area (Å²) in [5.41, 5.74) is 0. The average molecular weight is 258 g/mol. The van der Waals surface area contributed by atoms with Crippen LogP contribution >= 0.6 is 0 Å². The van der Waals surface area contributed by atoms with Crippen molar-refractivity contribution >= 4 is 0 Å². The molecule has 0 aliphatic carbocycles. The highest BCUT2D eigenvalue weighted by Gasteiger charge is 2.03.